The number of hydrogen-bond acceptors (Lipinski definition) is 3. The normalized spacial score (nSPS) is 11.2. The van der Waals surface area contributed by atoms with Crippen molar-refractivity contribution in [1.82, 2.24) is 0 Å². The van der Waals surface area contributed by atoms with Crippen molar-refractivity contribution in [3.8, 4) is 0 Å². The van der Waals surface area contributed by atoms with E-state index in [0.717, 1.165) is 5.56 Å². The highest BCUT2D eigenvalue weighted by Crippen LogP contribution is 2.26. The van der Waals surface area contributed by atoms with Crippen molar-refractivity contribution in [1.29, 1.82) is 0 Å². The Hall–Kier alpha value is -2.48. The van der Waals surface area contributed by atoms with Crippen molar-refractivity contribution in [3.63, 3.8) is 0 Å². The van der Waals surface area contributed by atoms with Crippen LogP contribution in [0.3, 0.4) is 0 Å². The number of carboxylic acids is 1. The predicted octanol–water partition coefficient (Wildman–Crippen LogP) is 2.77. The van der Waals surface area contributed by atoms with Gasteiger partial charge in [-0.1, -0.05) is 17.7 Å². The lowest BCUT2D eigenvalue weighted by atomic mass is 10.1. The van der Waals surface area contributed by atoms with Gasteiger partial charge in [-0.05, 0) is 31.2 Å². The lowest BCUT2D eigenvalue weighted by molar-refractivity contribution is 0.0692. The Morgan fingerprint density at radius 2 is 1.59 bits per heavy atom. The van der Waals surface area contributed by atoms with E-state index in [1.165, 1.54) is 24.3 Å². The Labute approximate surface area is 125 Å². The van der Waals surface area contributed by atoms with Gasteiger partial charge >= 0.3 is 5.97 Å². The Morgan fingerprint density at radius 1 is 1.05 bits per heavy atom. The highest BCUT2D eigenvalue weighted by atomic mass is 32.2. The lowest BCUT2D eigenvalue weighted by Gasteiger charge is -2.12. The summed E-state index contributed by atoms with van der Waals surface area (Å²) < 4.78 is 53.4. The Balaban J connectivity index is 2.53. The SMILES string of the molecule is Cc1ccc(S(=O)(=O)Nc2c(F)ccc(F)c2C(=O)O)cc1. The fourth-order valence-corrected chi connectivity index (χ4v) is 2.85. The zero-order valence-electron chi connectivity index (χ0n) is 11.3. The second-order valence-corrected chi connectivity index (χ2v) is 6.19. The summed E-state index contributed by atoms with van der Waals surface area (Å²) in [7, 11) is -4.25. The maximum atomic E-state index is 13.7. The smallest absolute Gasteiger partial charge is 0.340 e. The summed E-state index contributed by atoms with van der Waals surface area (Å²) in [6.07, 6.45) is 0. The molecule has 0 radical (unpaired) electrons. The summed E-state index contributed by atoms with van der Waals surface area (Å²) in [6, 6.07) is 6.85. The summed E-state index contributed by atoms with van der Waals surface area (Å²) >= 11 is 0. The Bertz CT molecular complexity index is 833. The Morgan fingerprint density at radius 3 is 2.14 bits per heavy atom. The van der Waals surface area contributed by atoms with Crippen LogP contribution in [0.5, 0.6) is 0 Å². The second kappa shape index (κ2) is 5.72. The third-order valence-electron chi connectivity index (χ3n) is 2.89. The van der Waals surface area contributed by atoms with Gasteiger partial charge in [-0.15, -0.1) is 0 Å². The maximum absolute atomic E-state index is 13.7. The highest BCUT2D eigenvalue weighted by molar-refractivity contribution is 7.92. The number of sulfonamides is 1. The van der Waals surface area contributed by atoms with E-state index in [9.17, 15) is 22.0 Å². The molecule has 2 N–H and O–H groups in total. The van der Waals surface area contributed by atoms with Gasteiger partial charge in [-0.25, -0.2) is 22.0 Å². The van der Waals surface area contributed by atoms with Crippen molar-refractivity contribution in [2.75, 3.05) is 4.72 Å². The number of halogens is 2. The van der Waals surface area contributed by atoms with Crippen LogP contribution in [0.25, 0.3) is 0 Å². The van der Waals surface area contributed by atoms with E-state index < -0.39 is 38.9 Å². The van der Waals surface area contributed by atoms with Crippen LogP contribution < -0.4 is 4.72 Å². The molecule has 22 heavy (non-hydrogen) atoms. The third-order valence-corrected chi connectivity index (χ3v) is 4.25. The number of nitrogens with one attached hydrogen (secondary N) is 1. The predicted molar refractivity (Wildman–Crippen MR) is 75.3 cm³/mol. The molecule has 0 heterocycles. The summed E-state index contributed by atoms with van der Waals surface area (Å²) in [5, 5.41) is 8.93. The summed E-state index contributed by atoms with van der Waals surface area (Å²) in [6.45, 7) is 1.75. The molecule has 0 spiro atoms. The van der Waals surface area contributed by atoms with E-state index in [-0.39, 0.29) is 4.90 Å². The zero-order chi connectivity index (χ0) is 16.5. The van der Waals surface area contributed by atoms with E-state index in [4.69, 9.17) is 5.11 Å². The number of aryl methyl sites for hydroxylation is 1. The molecule has 0 aliphatic rings. The molecule has 0 aliphatic carbocycles. The molecule has 0 atom stereocenters. The van der Waals surface area contributed by atoms with Crippen molar-refractivity contribution in [3.05, 3.63) is 59.2 Å². The molecule has 0 aliphatic heterocycles. The van der Waals surface area contributed by atoms with Gasteiger partial charge in [0.1, 0.15) is 22.9 Å². The van der Waals surface area contributed by atoms with Crippen LogP contribution in [0.2, 0.25) is 0 Å². The van der Waals surface area contributed by atoms with Crippen molar-refractivity contribution in [2.45, 2.75) is 11.8 Å². The fourth-order valence-electron chi connectivity index (χ4n) is 1.77. The first-order valence-electron chi connectivity index (χ1n) is 6.03. The van der Waals surface area contributed by atoms with Crippen LogP contribution in [-0.2, 0) is 10.0 Å². The first-order valence-corrected chi connectivity index (χ1v) is 7.51. The van der Waals surface area contributed by atoms with Gasteiger partial charge in [0.05, 0.1) is 4.90 Å². The molecule has 0 aromatic heterocycles. The van der Waals surface area contributed by atoms with Gasteiger partial charge in [0.2, 0.25) is 0 Å². The number of carbonyl (C=O) groups is 1. The molecule has 0 saturated carbocycles. The molecule has 0 saturated heterocycles. The molecule has 8 heteroatoms. The average molecular weight is 327 g/mol. The molecule has 0 fully saturated rings. The number of hydrogen-bond donors (Lipinski definition) is 2. The van der Waals surface area contributed by atoms with E-state index in [2.05, 4.69) is 0 Å². The van der Waals surface area contributed by atoms with Crippen molar-refractivity contribution in [2.24, 2.45) is 0 Å². The number of aromatic carboxylic acids is 1. The van der Waals surface area contributed by atoms with E-state index in [1.54, 1.807) is 11.6 Å². The minimum Gasteiger partial charge on any atom is -0.478 e. The fraction of sp³-hybridized carbons (Fsp3) is 0.0714. The first-order chi connectivity index (χ1) is 10.2. The molecule has 116 valence electrons. The lowest BCUT2D eigenvalue weighted by Crippen LogP contribution is -2.18. The zero-order valence-corrected chi connectivity index (χ0v) is 12.1. The van der Waals surface area contributed by atoms with Gasteiger partial charge < -0.3 is 5.11 Å². The van der Waals surface area contributed by atoms with Crippen molar-refractivity contribution >= 4 is 21.7 Å². The summed E-state index contributed by atoms with van der Waals surface area (Å²) in [5.74, 6) is -4.21. The molecule has 0 unspecified atom stereocenters. The second-order valence-electron chi connectivity index (χ2n) is 4.50. The first kappa shape index (κ1) is 15.9. The van der Waals surface area contributed by atoms with Gasteiger partial charge in [-0.2, -0.15) is 0 Å². The van der Waals surface area contributed by atoms with Gasteiger partial charge in [0, 0.05) is 0 Å². The van der Waals surface area contributed by atoms with E-state index >= 15 is 0 Å². The molecular formula is C14H11F2NO4S. The standard InChI is InChI=1S/C14H11F2NO4S/c1-8-2-4-9(5-3-8)22(20,21)17-13-11(16)7-6-10(15)12(13)14(18)19/h2-7,17H,1H3,(H,18,19). The van der Waals surface area contributed by atoms with Gasteiger partial charge in [0.15, 0.2) is 0 Å². The van der Waals surface area contributed by atoms with Crippen LogP contribution in [-0.4, -0.2) is 19.5 Å². The topological polar surface area (TPSA) is 83.5 Å². The van der Waals surface area contributed by atoms with Gasteiger partial charge in [0.25, 0.3) is 10.0 Å². The van der Waals surface area contributed by atoms with Gasteiger partial charge in [-0.3, -0.25) is 4.72 Å². The number of anilines is 1. The number of rotatable bonds is 4. The quantitative estimate of drug-likeness (QED) is 0.904. The summed E-state index contributed by atoms with van der Waals surface area (Å²) in [4.78, 5) is 10.8. The van der Waals surface area contributed by atoms with E-state index in [1.807, 2.05) is 0 Å². The molecule has 0 bridgehead atoms. The molecule has 2 rings (SSSR count). The largest absolute Gasteiger partial charge is 0.478 e. The molecular weight excluding hydrogens is 316 g/mol. The molecule has 2 aromatic rings. The molecule has 5 nitrogen and oxygen atoms in total. The monoisotopic (exact) mass is 327 g/mol. The number of carboxylic acid groups (broad SMARTS) is 1. The van der Waals surface area contributed by atoms with Crippen LogP contribution in [0.4, 0.5) is 14.5 Å². The van der Waals surface area contributed by atoms with Crippen LogP contribution in [0, 0.1) is 18.6 Å². The minimum atomic E-state index is -4.25. The van der Waals surface area contributed by atoms with E-state index in [0.29, 0.717) is 12.1 Å². The molecule has 2 aromatic carbocycles. The van der Waals surface area contributed by atoms with Crippen molar-refractivity contribution < 1.29 is 27.1 Å². The Kier molecular flexibility index (Phi) is 4.14. The minimum absolute atomic E-state index is 0.196. The van der Waals surface area contributed by atoms with Crippen LogP contribution in [0.1, 0.15) is 15.9 Å². The van der Waals surface area contributed by atoms with Crippen LogP contribution >= 0.6 is 0 Å². The van der Waals surface area contributed by atoms with Crippen LogP contribution in [0.15, 0.2) is 41.3 Å². The number of benzene rings is 2. The third kappa shape index (κ3) is 3.06. The maximum Gasteiger partial charge on any atom is 0.340 e. The highest BCUT2D eigenvalue weighted by Gasteiger charge is 2.24. The summed E-state index contributed by atoms with van der Waals surface area (Å²) in [5.41, 5.74) is -1.20. The molecule has 0 amide bonds. The average Bonchev–Trinajstić information content (AvgIpc) is 2.43.